The zero-order chi connectivity index (χ0) is 18.5. The number of furan rings is 1. The fourth-order valence-electron chi connectivity index (χ4n) is 2.98. The van der Waals surface area contributed by atoms with Crippen molar-refractivity contribution in [2.45, 2.75) is 25.8 Å². The normalized spacial score (nSPS) is 11.1. The first kappa shape index (κ1) is 17.1. The molecule has 0 saturated heterocycles. The first-order valence-electron chi connectivity index (χ1n) is 8.96. The van der Waals surface area contributed by atoms with Crippen molar-refractivity contribution in [1.82, 2.24) is 20.0 Å². The van der Waals surface area contributed by atoms with Gasteiger partial charge in [0.2, 0.25) is 17.6 Å². The molecule has 0 spiro atoms. The van der Waals surface area contributed by atoms with E-state index in [1.54, 1.807) is 18.4 Å². The molecule has 4 aromatic rings. The summed E-state index contributed by atoms with van der Waals surface area (Å²) in [6.07, 6.45) is 5.22. The highest BCUT2D eigenvalue weighted by molar-refractivity contribution is 5.79. The molecule has 7 heteroatoms. The summed E-state index contributed by atoms with van der Waals surface area (Å²) in [7, 11) is 0. The number of hydrogen-bond acceptors (Lipinski definition) is 5. The zero-order valence-electron chi connectivity index (χ0n) is 14.8. The molecule has 0 fully saturated rings. The number of benzene rings is 1. The van der Waals surface area contributed by atoms with E-state index in [1.165, 1.54) is 10.9 Å². The average Bonchev–Trinajstić information content (AvgIpc) is 3.44. The first-order valence-corrected chi connectivity index (χ1v) is 8.96. The Labute approximate surface area is 156 Å². The summed E-state index contributed by atoms with van der Waals surface area (Å²) in [4.78, 5) is 16.2. The van der Waals surface area contributed by atoms with E-state index in [0.29, 0.717) is 36.9 Å². The molecule has 0 atom stereocenters. The van der Waals surface area contributed by atoms with Gasteiger partial charge >= 0.3 is 0 Å². The maximum Gasteiger partial charge on any atom is 0.238 e. The Bertz CT molecular complexity index is 1020. The van der Waals surface area contributed by atoms with Gasteiger partial charge in [0.25, 0.3) is 0 Å². The summed E-state index contributed by atoms with van der Waals surface area (Å²) >= 11 is 0. The number of rotatable bonds is 8. The van der Waals surface area contributed by atoms with Crippen molar-refractivity contribution in [3.63, 3.8) is 0 Å². The van der Waals surface area contributed by atoms with Crippen molar-refractivity contribution in [3.05, 3.63) is 60.8 Å². The van der Waals surface area contributed by atoms with Crippen LogP contribution in [0.2, 0.25) is 0 Å². The van der Waals surface area contributed by atoms with Crippen LogP contribution in [0.5, 0.6) is 0 Å². The Morgan fingerprint density at radius 1 is 1.15 bits per heavy atom. The largest absolute Gasteiger partial charge is 0.461 e. The maximum absolute atomic E-state index is 12.0. The lowest BCUT2D eigenvalue weighted by atomic mass is 10.2. The molecule has 27 heavy (non-hydrogen) atoms. The van der Waals surface area contributed by atoms with E-state index in [1.807, 2.05) is 12.1 Å². The number of nitrogens with zero attached hydrogens (tertiary/aromatic N) is 3. The Morgan fingerprint density at radius 3 is 2.96 bits per heavy atom. The molecule has 0 bridgehead atoms. The Hall–Kier alpha value is -3.35. The van der Waals surface area contributed by atoms with Gasteiger partial charge in [0, 0.05) is 37.6 Å². The second-order valence-electron chi connectivity index (χ2n) is 6.26. The Balaban J connectivity index is 1.19. The quantitative estimate of drug-likeness (QED) is 0.484. The number of fused-ring (bicyclic) bond motifs is 1. The van der Waals surface area contributed by atoms with E-state index in [4.69, 9.17) is 8.94 Å². The summed E-state index contributed by atoms with van der Waals surface area (Å²) < 4.78 is 12.6. The molecule has 0 saturated carbocycles. The second-order valence-corrected chi connectivity index (χ2v) is 6.26. The summed E-state index contributed by atoms with van der Waals surface area (Å²) in [5.41, 5.74) is 1.22. The summed E-state index contributed by atoms with van der Waals surface area (Å²) in [6.45, 7) is 1.50. The monoisotopic (exact) mass is 364 g/mol. The Kier molecular flexibility index (Phi) is 5.00. The molecule has 138 valence electrons. The van der Waals surface area contributed by atoms with Gasteiger partial charge in [-0.2, -0.15) is 4.98 Å². The zero-order valence-corrected chi connectivity index (χ0v) is 14.8. The van der Waals surface area contributed by atoms with Crippen LogP contribution in [0.1, 0.15) is 18.7 Å². The number of carbonyl (C=O) groups is 1. The molecule has 0 aliphatic rings. The molecular formula is C20H20N4O3. The lowest BCUT2D eigenvalue weighted by Crippen LogP contribution is -2.25. The molecule has 0 radical (unpaired) electrons. The highest BCUT2D eigenvalue weighted by Gasteiger charge is 2.12. The van der Waals surface area contributed by atoms with Crippen LogP contribution in [0, 0.1) is 0 Å². The molecule has 0 aliphatic heterocycles. The molecular weight excluding hydrogens is 344 g/mol. The number of amides is 1. The van der Waals surface area contributed by atoms with Crippen LogP contribution in [0.4, 0.5) is 0 Å². The standard InChI is InChI=1S/C20H20N4O3/c25-18(8-9-19-22-20(23-27-19)17-7-3-14-26-17)21-11-4-12-24-13-10-15-5-1-2-6-16(15)24/h1-3,5-7,10,13-14H,4,8-9,11-12H2,(H,21,25). The van der Waals surface area contributed by atoms with Crippen molar-refractivity contribution in [1.29, 1.82) is 0 Å². The highest BCUT2D eigenvalue weighted by Crippen LogP contribution is 2.16. The predicted molar refractivity (Wildman–Crippen MR) is 99.9 cm³/mol. The summed E-state index contributed by atoms with van der Waals surface area (Å²) in [5, 5.41) is 8.02. The molecule has 1 N–H and O–H groups in total. The molecule has 1 aromatic carbocycles. The molecule has 3 heterocycles. The first-order chi connectivity index (χ1) is 13.3. The molecule has 7 nitrogen and oxygen atoms in total. The number of aryl methyl sites for hydroxylation is 2. The molecule has 1 amide bonds. The minimum Gasteiger partial charge on any atom is -0.461 e. The van der Waals surface area contributed by atoms with E-state index >= 15 is 0 Å². The third-order valence-electron chi connectivity index (χ3n) is 4.35. The van der Waals surface area contributed by atoms with E-state index in [9.17, 15) is 4.79 Å². The number of nitrogens with one attached hydrogen (secondary N) is 1. The van der Waals surface area contributed by atoms with Gasteiger partial charge in [-0.05, 0) is 36.1 Å². The van der Waals surface area contributed by atoms with E-state index in [0.717, 1.165) is 13.0 Å². The molecule has 0 unspecified atom stereocenters. The SMILES string of the molecule is O=C(CCc1nc(-c2ccco2)no1)NCCCn1ccc2ccccc21. The third-order valence-corrected chi connectivity index (χ3v) is 4.35. The van der Waals surface area contributed by atoms with Gasteiger partial charge in [0.05, 0.1) is 6.26 Å². The molecule has 3 aromatic heterocycles. The van der Waals surface area contributed by atoms with E-state index in [2.05, 4.69) is 44.4 Å². The third kappa shape index (κ3) is 4.08. The van der Waals surface area contributed by atoms with Gasteiger partial charge < -0.3 is 18.8 Å². The van der Waals surface area contributed by atoms with Crippen LogP contribution in [0.3, 0.4) is 0 Å². The van der Waals surface area contributed by atoms with Crippen LogP contribution < -0.4 is 5.32 Å². The number of carbonyl (C=O) groups excluding carboxylic acids is 1. The highest BCUT2D eigenvalue weighted by atomic mass is 16.5. The second kappa shape index (κ2) is 7.90. The van der Waals surface area contributed by atoms with Crippen LogP contribution in [0.15, 0.2) is 63.9 Å². The summed E-state index contributed by atoms with van der Waals surface area (Å²) in [5.74, 6) is 1.35. The van der Waals surface area contributed by atoms with Crippen molar-refractivity contribution in [2.75, 3.05) is 6.54 Å². The van der Waals surface area contributed by atoms with Crippen molar-refractivity contribution >= 4 is 16.8 Å². The van der Waals surface area contributed by atoms with Gasteiger partial charge in [0.15, 0.2) is 5.76 Å². The summed E-state index contributed by atoms with van der Waals surface area (Å²) in [6, 6.07) is 13.9. The maximum atomic E-state index is 12.0. The van der Waals surface area contributed by atoms with Gasteiger partial charge in [-0.1, -0.05) is 23.4 Å². The van der Waals surface area contributed by atoms with Crippen LogP contribution in [-0.2, 0) is 17.8 Å². The number of aromatic nitrogens is 3. The van der Waals surface area contributed by atoms with Crippen molar-refractivity contribution < 1.29 is 13.7 Å². The lowest BCUT2D eigenvalue weighted by molar-refractivity contribution is -0.121. The van der Waals surface area contributed by atoms with Gasteiger partial charge in [-0.25, -0.2) is 0 Å². The van der Waals surface area contributed by atoms with Crippen LogP contribution in [0.25, 0.3) is 22.5 Å². The average molecular weight is 364 g/mol. The van der Waals surface area contributed by atoms with Gasteiger partial charge in [-0.3, -0.25) is 4.79 Å². The fraction of sp³-hybridized carbons (Fsp3) is 0.250. The van der Waals surface area contributed by atoms with Crippen molar-refractivity contribution in [3.8, 4) is 11.6 Å². The van der Waals surface area contributed by atoms with Gasteiger partial charge in [-0.15, -0.1) is 0 Å². The van der Waals surface area contributed by atoms with Crippen molar-refractivity contribution in [2.24, 2.45) is 0 Å². The van der Waals surface area contributed by atoms with E-state index in [-0.39, 0.29) is 5.91 Å². The smallest absolute Gasteiger partial charge is 0.238 e. The lowest BCUT2D eigenvalue weighted by Gasteiger charge is -2.07. The number of hydrogen-bond donors (Lipinski definition) is 1. The molecule has 0 aliphatic carbocycles. The minimum absolute atomic E-state index is 0.0230. The van der Waals surface area contributed by atoms with Crippen LogP contribution >= 0.6 is 0 Å². The van der Waals surface area contributed by atoms with E-state index < -0.39 is 0 Å². The topological polar surface area (TPSA) is 86.1 Å². The fourth-order valence-corrected chi connectivity index (χ4v) is 2.98. The Morgan fingerprint density at radius 2 is 2.07 bits per heavy atom. The minimum atomic E-state index is -0.0230. The van der Waals surface area contributed by atoms with Gasteiger partial charge in [0.1, 0.15) is 0 Å². The van der Waals surface area contributed by atoms with Crippen LogP contribution in [-0.4, -0.2) is 27.2 Å². The predicted octanol–water partition coefficient (Wildman–Crippen LogP) is 3.42. The number of para-hydroxylation sites is 1. The molecule has 4 rings (SSSR count).